The highest BCUT2D eigenvalue weighted by Gasteiger charge is 2.18. The quantitative estimate of drug-likeness (QED) is 0.869. The summed E-state index contributed by atoms with van der Waals surface area (Å²) in [6.45, 7) is 4.64. The number of halogens is 1. The van der Waals surface area contributed by atoms with Gasteiger partial charge in [0.15, 0.2) is 0 Å². The highest BCUT2D eigenvalue weighted by Crippen LogP contribution is 2.23. The summed E-state index contributed by atoms with van der Waals surface area (Å²) in [7, 11) is 0. The number of nitrogens with one attached hydrogen (secondary N) is 1. The van der Waals surface area contributed by atoms with Crippen LogP contribution in [0, 0.1) is 11.3 Å². The van der Waals surface area contributed by atoms with Crippen LogP contribution < -0.4 is 5.32 Å². The number of anilines is 1. The van der Waals surface area contributed by atoms with Crippen LogP contribution in [-0.4, -0.2) is 0 Å². The highest BCUT2D eigenvalue weighted by atomic mass is 79.9. The average Bonchev–Trinajstić information content (AvgIpc) is 2.47. The van der Waals surface area contributed by atoms with E-state index in [0.29, 0.717) is 0 Å². The molecule has 0 spiro atoms. The van der Waals surface area contributed by atoms with Gasteiger partial charge in [-0.15, -0.1) is 0 Å². The fourth-order valence-electron chi connectivity index (χ4n) is 1.88. The van der Waals surface area contributed by atoms with Crippen LogP contribution in [0.5, 0.6) is 0 Å². The van der Waals surface area contributed by atoms with E-state index < -0.39 is 5.41 Å². The lowest BCUT2D eigenvalue weighted by Gasteiger charge is -2.16. The van der Waals surface area contributed by atoms with Crippen molar-refractivity contribution in [2.45, 2.75) is 25.8 Å². The lowest BCUT2D eigenvalue weighted by Crippen LogP contribution is -2.13. The van der Waals surface area contributed by atoms with Crippen LogP contribution in [0.15, 0.2) is 53.0 Å². The van der Waals surface area contributed by atoms with Crippen LogP contribution in [-0.2, 0) is 12.0 Å². The Morgan fingerprint density at radius 2 is 1.65 bits per heavy atom. The zero-order valence-electron chi connectivity index (χ0n) is 11.7. The largest absolute Gasteiger partial charge is 0.381 e. The molecule has 3 heteroatoms. The Balaban J connectivity index is 2.01. The van der Waals surface area contributed by atoms with Crippen molar-refractivity contribution < 1.29 is 0 Å². The van der Waals surface area contributed by atoms with E-state index in [-0.39, 0.29) is 0 Å². The standard InChI is InChI=1S/C17H17BrN2/c1-17(2,12-19)14-5-9-16(10-6-14)20-11-13-3-7-15(18)8-4-13/h3-10,20H,11H2,1-2H3. The first-order chi connectivity index (χ1) is 9.51. The molecule has 0 unspecified atom stereocenters. The van der Waals surface area contributed by atoms with E-state index in [1.54, 1.807) is 0 Å². The van der Waals surface area contributed by atoms with Crippen molar-refractivity contribution >= 4 is 21.6 Å². The third-order valence-electron chi connectivity index (χ3n) is 3.30. The van der Waals surface area contributed by atoms with Crippen LogP contribution in [0.25, 0.3) is 0 Å². The molecule has 0 aliphatic heterocycles. The van der Waals surface area contributed by atoms with Gasteiger partial charge < -0.3 is 5.32 Å². The Morgan fingerprint density at radius 3 is 2.20 bits per heavy atom. The van der Waals surface area contributed by atoms with Crippen LogP contribution in [0.1, 0.15) is 25.0 Å². The van der Waals surface area contributed by atoms with Gasteiger partial charge in [0.05, 0.1) is 11.5 Å². The molecule has 0 bridgehead atoms. The van der Waals surface area contributed by atoms with Gasteiger partial charge in [-0.05, 0) is 49.2 Å². The second-order valence-corrected chi connectivity index (χ2v) is 6.21. The second-order valence-electron chi connectivity index (χ2n) is 5.29. The molecule has 0 amide bonds. The minimum atomic E-state index is -0.440. The number of benzene rings is 2. The summed E-state index contributed by atoms with van der Waals surface area (Å²) in [6.07, 6.45) is 0. The maximum absolute atomic E-state index is 9.12. The van der Waals surface area contributed by atoms with Gasteiger partial charge in [0.25, 0.3) is 0 Å². The Morgan fingerprint density at radius 1 is 1.05 bits per heavy atom. The number of hydrogen-bond acceptors (Lipinski definition) is 2. The topological polar surface area (TPSA) is 35.8 Å². The average molecular weight is 329 g/mol. The smallest absolute Gasteiger partial charge is 0.0766 e. The van der Waals surface area contributed by atoms with E-state index in [1.165, 1.54) is 5.56 Å². The predicted octanol–water partition coefficient (Wildman–Crippen LogP) is 4.86. The van der Waals surface area contributed by atoms with Crippen molar-refractivity contribution in [3.8, 4) is 6.07 Å². The molecule has 0 aliphatic carbocycles. The second kappa shape index (κ2) is 6.11. The predicted molar refractivity (Wildman–Crippen MR) is 86.5 cm³/mol. The van der Waals surface area contributed by atoms with E-state index in [4.69, 9.17) is 5.26 Å². The molecule has 0 radical (unpaired) electrons. The lowest BCUT2D eigenvalue weighted by molar-refractivity contribution is 0.687. The molecule has 2 aromatic carbocycles. The minimum absolute atomic E-state index is 0.440. The molecule has 0 saturated carbocycles. The molecule has 0 fully saturated rings. The fourth-order valence-corrected chi connectivity index (χ4v) is 2.14. The van der Waals surface area contributed by atoms with E-state index in [1.807, 2.05) is 50.2 Å². The summed E-state index contributed by atoms with van der Waals surface area (Å²) in [6, 6.07) is 18.6. The van der Waals surface area contributed by atoms with Crippen molar-refractivity contribution in [2.75, 3.05) is 5.32 Å². The van der Waals surface area contributed by atoms with Crippen LogP contribution in [0.3, 0.4) is 0 Å². The highest BCUT2D eigenvalue weighted by molar-refractivity contribution is 9.10. The van der Waals surface area contributed by atoms with E-state index in [9.17, 15) is 0 Å². The third-order valence-corrected chi connectivity index (χ3v) is 3.82. The molecule has 0 saturated heterocycles. The van der Waals surface area contributed by atoms with Gasteiger partial charge in [-0.3, -0.25) is 0 Å². The summed E-state index contributed by atoms with van der Waals surface area (Å²) >= 11 is 3.43. The van der Waals surface area contributed by atoms with Gasteiger partial charge in [-0.1, -0.05) is 40.2 Å². The lowest BCUT2D eigenvalue weighted by atomic mass is 9.86. The van der Waals surface area contributed by atoms with Gasteiger partial charge >= 0.3 is 0 Å². The molecule has 0 aromatic heterocycles. The minimum Gasteiger partial charge on any atom is -0.381 e. The van der Waals surface area contributed by atoms with Crippen LogP contribution in [0.4, 0.5) is 5.69 Å². The van der Waals surface area contributed by atoms with Gasteiger partial charge in [0.2, 0.25) is 0 Å². The van der Waals surface area contributed by atoms with E-state index in [2.05, 4.69) is 39.4 Å². The SMILES string of the molecule is CC(C)(C#N)c1ccc(NCc2ccc(Br)cc2)cc1. The Kier molecular flexibility index (Phi) is 4.46. The zero-order chi connectivity index (χ0) is 14.6. The summed E-state index contributed by atoms with van der Waals surface area (Å²) < 4.78 is 1.09. The first-order valence-corrected chi connectivity index (χ1v) is 7.31. The molecular weight excluding hydrogens is 312 g/mol. The maximum atomic E-state index is 9.12. The Labute approximate surface area is 128 Å². The number of nitriles is 1. The molecular formula is C17H17BrN2. The van der Waals surface area contributed by atoms with Crippen molar-refractivity contribution in [3.63, 3.8) is 0 Å². The van der Waals surface area contributed by atoms with Gasteiger partial charge in [0.1, 0.15) is 0 Å². The summed E-state index contributed by atoms with van der Waals surface area (Å²) in [5.74, 6) is 0. The fraction of sp³-hybridized carbons (Fsp3) is 0.235. The number of nitrogens with zero attached hydrogens (tertiary/aromatic N) is 1. The molecule has 2 aromatic rings. The molecule has 1 N–H and O–H groups in total. The van der Waals surface area contributed by atoms with Crippen molar-refractivity contribution in [2.24, 2.45) is 0 Å². The molecule has 0 aliphatic rings. The first kappa shape index (κ1) is 14.6. The summed E-state index contributed by atoms with van der Waals surface area (Å²) in [5.41, 5.74) is 2.89. The molecule has 2 nitrogen and oxygen atoms in total. The normalized spacial score (nSPS) is 10.9. The Hall–Kier alpha value is -1.79. The molecule has 20 heavy (non-hydrogen) atoms. The van der Waals surface area contributed by atoms with Gasteiger partial charge in [-0.25, -0.2) is 0 Å². The molecule has 0 heterocycles. The summed E-state index contributed by atoms with van der Waals surface area (Å²) in [4.78, 5) is 0. The van der Waals surface area contributed by atoms with Crippen molar-refractivity contribution in [1.29, 1.82) is 5.26 Å². The third kappa shape index (κ3) is 3.61. The molecule has 102 valence electrons. The monoisotopic (exact) mass is 328 g/mol. The Bertz CT molecular complexity index is 607. The summed E-state index contributed by atoms with van der Waals surface area (Å²) in [5, 5.41) is 12.5. The van der Waals surface area contributed by atoms with Crippen molar-refractivity contribution in [3.05, 3.63) is 64.1 Å². The van der Waals surface area contributed by atoms with E-state index in [0.717, 1.165) is 22.3 Å². The first-order valence-electron chi connectivity index (χ1n) is 6.51. The van der Waals surface area contributed by atoms with Crippen LogP contribution in [0.2, 0.25) is 0 Å². The maximum Gasteiger partial charge on any atom is 0.0766 e. The van der Waals surface area contributed by atoms with Gasteiger partial charge in [0, 0.05) is 16.7 Å². The van der Waals surface area contributed by atoms with Crippen molar-refractivity contribution in [1.82, 2.24) is 0 Å². The zero-order valence-corrected chi connectivity index (χ0v) is 13.2. The molecule has 0 atom stereocenters. The number of rotatable bonds is 4. The van der Waals surface area contributed by atoms with Gasteiger partial charge in [-0.2, -0.15) is 5.26 Å². The van der Waals surface area contributed by atoms with Crippen LogP contribution >= 0.6 is 15.9 Å². The number of hydrogen-bond donors (Lipinski definition) is 1. The molecule has 2 rings (SSSR count). The van der Waals surface area contributed by atoms with E-state index >= 15 is 0 Å².